The molecule has 0 aromatic heterocycles. The summed E-state index contributed by atoms with van der Waals surface area (Å²) < 4.78 is 15.6. The van der Waals surface area contributed by atoms with Crippen LogP contribution in [-0.4, -0.2) is 37.9 Å². The lowest BCUT2D eigenvalue weighted by Gasteiger charge is -2.07. The van der Waals surface area contributed by atoms with Crippen LogP contribution in [0.15, 0.2) is 47.6 Å². The summed E-state index contributed by atoms with van der Waals surface area (Å²) in [5, 5.41) is 14.4. The molecule has 136 valence electrons. The second-order valence-electron chi connectivity index (χ2n) is 4.94. The minimum absolute atomic E-state index is 0.0568. The molecule has 0 saturated heterocycles. The Kier molecular flexibility index (Phi) is 6.49. The third kappa shape index (κ3) is 5.20. The summed E-state index contributed by atoms with van der Waals surface area (Å²) in [6.45, 7) is -0.287. The van der Waals surface area contributed by atoms with Gasteiger partial charge in [-0.25, -0.2) is 5.43 Å². The first-order valence-electron chi connectivity index (χ1n) is 7.44. The molecule has 26 heavy (non-hydrogen) atoms. The fourth-order valence-electron chi connectivity index (χ4n) is 1.96. The number of nitrogens with one attached hydrogen (secondary N) is 1. The first-order chi connectivity index (χ1) is 12.5. The Morgan fingerprint density at radius 3 is 2.46 bits per heavy atom. The highest BCUT2D eigenvalue weighted by Gasteiger charge is 2.06. The topological polar surface area (TPSA) is 112 Å². The summed E-state index contributed by atoms with van der Waals surface area (Å²) in [5.41, 5.74) is 2.89. The van der Waals surface area contributed by atoms with Crippen LogP contribution in [-0.2, 0) is 4.79 Å². The Bertz CT molecular complexity index is 805. The summed E-state index contributed by atoms with van der Waals surface area (Å²) in [6, 6.07) is 10.6. The minimum atomic E-state index is -0.516. The average molecular weight is 359 g/mol. The molecule has 0 saturated carbocycles. The SMILES string of the molecule is COc1ccc(OC)c(C=NNC(=O)COc2ccc([N+](=O)[O-])cc2)c1. The number of nitro groups is 1. The molecular weight excluding hydrogens is 342 g/mol. The van der Waals surface area contributed by atoms with Gasteiger partial charge >= 0.3 is 0 Å². The number of rotatable bonds is 8. The zero-order valence-corrected chi connectivity index (χ0v) is 14.2. The van der Waals surface area contributed by atoms with Crippen molar-refractivity contribution in [2.75, 3.05) is 20.8 Å². The number of non-ortho nitro benzene ring substituents is 1. The van der Waals surface area contributed by atoms with Crippen LogP contribution in [0.1, 0.15) is 5.56 Å². The predicted molar refractivity (Wildman–Crippen MR) is 93.9 cm³/mol. The Morgan fingerprint density at radius 1 is 1.15 bits per heavy atom. The molecule has 0 aliphatic heterocycles. The summed E-state index contributed by atoms with van der Waals surface area (Å²) in [6.07, 6.45) is 1.42. The maximum absolute atomic E-state index is 11.7. The number of benzene rings is 2. The van der Waals surface area contributed by atoms with E-state index in [2.05, 4.69) is 10.5 Å². The number of nitro benzene ring substituents is 1. The van der Waals surface area contributed by atoms with Gasteiger partial charge in [-0.1, -0.05) is 0 Å². The molecule has 9 heteroatoms. The molecule has 2 aromatic rings. The highest BCUT2D eigenvalue weighted by Crippen LogP contribution is 2.22. The van der Waals surface area contributed by atoms with Crippen molar-refractivity contribution in [1.82, 2.24) is 5.43 Å². The standard InChI is InChI=1S/C17H17N3O6/c1-24-15-7-8-16(25-2)12(9-15)10-18-19-17(21)11-26-14-5-3-13(4-6-14)20(22)23/h3-10H,11H2,1-2H3,(H,19,21). The number of carbonyl (C=O) groups excluding carboxylic acids is 1. The predicted octanol–water partition coefficient (Wildman–Crippen LogP) is 2.14. The van der Waals surface area contributed by atoms with Crippen molar-refractivity contribution in [3.8, 4) is 17.2 Å². The van der Waals surface area contributed by atoms with Crippen LogP contribution in [0.5, 0.6) is 17.2 Å². The van der Waals surface area contributed by atoms with E-state index in [4.69, 9.17) is 14.2 Å². The van der Waals surface area contributed by atoms with Crippen LogP contribution >= 0.6 is 0 Å². The lowest BCUT2D eigenvalue weighted by Crippen LogP contribution is -2.24. The smallest absolute Gasteiger partial charge is 0.277 e. The summed E-state index contributed by atoms with van der Waals surface area (Å²) in [7, 11) is 3.07. The quantitative estimate of drug-likeness (QED) is 0.439. The second kappa shape index (κ2) is 9.02. The lowest BCUT2D eigenvalue weighted by atomic mass is 10.2. The summed E-state index contributed by atoms with van der Waals surface area (Å²) in [4.78, 5) is 21.8. The zero-order valence-electron chi connectivity index (χ0n) is 14.2. The molecule has 0 fully saturated rings. The van der Waals surface area contributed by atoms with E-state index in [1.54, 1.807) is 25.3 Å². The van der Waals surface area contributed by atoms with Gasteiger partial charge in [0.15, 0.2) is 6.61 Å². The molecular formula is C17H17N3O6. The van der Waals surface area contributed by atoms with Crippen molar-refractivity contribution in [3.63, 3.8) is 0 Å². The van der Waals surface area contributed by atoms with E-state index in [1.165, 1.54) is 37.6 Å². The average Bonchev–Trinajstić information content (AvgIpc) is 2.66. The van der Waals surface area contributed by atoms with Crippen molar-refractivity contribution < 1.29 is 23.9 Å². The number of hydrogen-bond acceptors (Lipinski definition) is 7. The molecule has 2 aromatic carbocycles. The van der Waals surface area contributed by atoms with Crippen LogP contribution in [0.25, 0.3) is 0 Å². The molecule has 0 aliphatic rings. The van der Waals surface area contributed by atoms with E-state index in [-0.39, 0.29) is 12.3 Å². The largest absolute Gasteiger partial charge is 0.497 e. The van der Waals surface area contributed by atoms with Gasteiger partial charge in [0.2, 0.25) is 0 Å². The van der Waals surface area contributed by atoms with E-state index < -0.39 is 10.8 Å². The number of amides is 1. The maximum atomic E-state index is 11.7. The Morgan fingerprint density at radius 2 is 1.85 bits per heavy atom. The molecule has 0 aliphatic carbocycles. The highest BCUT2D eigenvalue weighted by molar-refractivity contribution is 5.86. The normalized spacial score (nSPS) is 10.4. The molecule has 9 nitrogen and oxygen atoms in total. The van der Waals surface area contributed by atoms with Gasteiger partial charge < -0.3 is 14.2 Å². The van der Waals surface area contributed by atoms with Gasteiger partial charge in [0.05, 0.1) is 25.4 Å². The fraction of sp³-hybridized carbons (Fsp3) is 0.176. The minimum Gasteiger partial charge on any atom is -0.497 e. The number of nitrogens with zero attached hydrogens (tertiary/aromatic N) is 2. The van der Waals surface area contributed by atoms with Gasteiger partial charge in [0.1, 0.15) is 17.2 Å². The van der Waals surface area contributed by atoms with Crippen molar-refractivity contribution in [3.05, 3.63) is 58.1 Å². The first kappa shape index (κ1) is 18.7. The third-order valence-corrected chi connectivity index (χ3v) is 3.25. The van der Waals surface area contributed by atoms with Crippen LogP contribution in [0.3, 0.4) is 0 Å². The Balaban J connectivity index is 1.88. The van der Waals surface area contributed by atoms with Crippen molar-refractivity contribution in [2.45, 2.75) is 0 Å². The van der Waals surface area contributed by atoms with E-state index in [9.17, 15) is 14.9 Å². The van der Waals surface area contributed by atoms with Crippen LogP contribution < -0.4 is 19.6 Å². The van der Waals surface area contributed by atoms with E-state index in [0.717, 1.165) is 0 Å². The molecule has 0 heterocycles. The van der Waals surface area contributed by atoms with Gasteiger partial charge in [-0.15, -0.1) is 0 Å². The van der Waals surface area contributed by atoms with E-state index >= 15 is 0 Å². The zero-order chi connectivity index (χ0) is 18.9. The Hall–Kier alpha value is -3.62. The number of methoxy groups -OCH3 is 2. The molecule has 1 amide bonds. The maximum Gasteiger partial charge on any atom is 0.277 e. The lowest BCUT2D eigenvalue weighted by molar-refractivity contribution is -0.384. The summed E-state index contributed by atoms with van der Waals surface area (Å²) >= 11 is 0. The number of carbonyl (C=O) groups is 1. The summed E-state index contributed by atoms with van der Waals surface area (Å²) in [5.74, 6) is 1.05. The molecule has 0 bridgehead atoms. The first-order valence-corrected chi connectivity index (χ1v) is 7.44. The number of ether oxygens (including phenoxy) is 3. The molecule has 0 spiro atoms. The van der Waals surface area contributed by atoms with Gasteiger partial charge in [0, 0.05) is 17.7 Å². The molecule has 2 rings (SSSR count). The third-order valence-electron chi connectivity index (χ3n) is 3.25. The number of hydrogen-bond donors (Lipinski definition) is 1. The molecule has 0 atom stereocenters. The molecule has 1 N–H and O–H groups in total. The van der Waals surface area contributed by atoms with Gasteiger partial charge in [-0.2, -0.15) is 5.10 Å². The van der Waals surface area contributed by atoms with E-state index in [0.29, 0.717) is 22.8 Å². The van der Waals surface area contributed by atoms with Crippen LogP contribution in [0.4, 0.5) is 5.69 Å². The van der Waals surface area contributed by atoms with Crippen LogP contribution in [0.2, 0.25) is 0 Å². The highest BCUT2D eigenvalue weighted by atomic mass is 16.6. The number of hydrazone groups is 1. The molecule has 0 unspecified atom stereocenters. The van der Waals surface area contributed by atoms with Crippen molar-refractivity contribution >= 4 is 17.8 Å². The van der Waals surface area contributed by atoms with Gasteiger partial charge in [-0.3, -0.25) is 14.9 Å². The second-order valence-corrected chi connectivity index (χ2v) is 4.94. The van der Waals surface area contributed by atoms with Gasteiger partial charge in [0.25, 0.3) is 11.6 Å². The van der Waals surface area contributed by atoms with Crippen LogP contribution in [0, 0.1) is 10.1 Å². The van der Waals surface area contributed by atoms with E-state index in [1.807, 2.05) is 0 Å². The van der Waals surface area contributed by atoms with Crippen molar-refractivity contribution in [2.24, 2.45) is 5.10 Å². The Labute approximate surface area is 149 Å². The molecule has 0 radical (unpaired) electrons. The van der Waals surface area contributed by atoms with Crippen molar-refractivity contribution in [1.29, 1.82) is 0 Å². The fourth-order valence-corrected chi connectivity index (χ4v) is 1.96. The van der Waals surface area contributed by atoms with Gasteiger partial charge in [-0.05, 0) is 30.3 Å². The monoisotopic (exact) mass is 359 g/mol.